The Kier molecular flexibility index (Phi) is 20.8. The summed E-state index contributed by atoms with van der Waals surface area (Å²) in [6.07, 6.45) is 1.44. The predicted molar refractivity (Wildman–Crippen MR) is 388 cm³/mol. The van der Waals surface area contributed by atoms with Gasteiger partial charge in [0, 0.05) is 55.9 Å². The number of hydrogen-bond donors (Lipinski definition) is 2. The first-order chi connectivity index (χ1) is 42.3. The SMILES string of the molecule is CC(C)(C)CC(C)(C)c1cc(-c2cc(F)cc(F)c2OCCOc2c(F)cc(F)cc2-c2cc(C(C)(C)CC(C)(C)C)cc(-n3c4ccc(C(C)(C)C)cc4c4cc(C(C)(C)C)ccc43)c2O)c(O)c(-n2c3ccc(C(C)(C)C)cc3c3cc(C(C)(C)C)ccc32)c1.[CH3-].[CH3-].[Zr+2]. The largest absolute Gasteiger partial charge is 2.00 e. The summed E-state index contributed by atoms with van der Waals surface area (Å²) in [5.41, 5.74) is 8.63. The molecule has 0 atom stereocenters. The van der Waals surface area contributed by atoms with Crippen LogP contribution in [0.25, 0.3) is 77.2 Å². The second-order valence-corrected chi connectivity index (χ2v) is 33.8. The van der Waals surface area contributed by atoms with Crippen LogP contribution < -0.4 is 9.47 Å². The van der Waals surface area contributed by atoms with E-state index in [0.717, 1.165) is 114 Å². The van der Waals surface area contributed by atoms with Crippen LogP contribution in [-0.4, -0.2) is 32.6 Å². The van der Waals surface area contributed by atoms with Crippen molar-refractivity contribution in [2.24, 2.45) is 10.8 Å². The van der Waals surface area contributed by atoms with E-state index in [9.17, 15) is 10.2 Å². The van der Waals surface area contributed by atoms with E-state index in [1.807, 2.05) is 21.3 Å². The fraction of sp³-hybridized carbons (Fsp3) is 0.405. The van der Waals surface area contributed by atoms with Crippen LogP contribution in [0.5, 0.6) is 23.0 Å². The van der Waals surface area contributed by atoms with Crippen LogP contribution >= 0.6 is 0 Å². The van der Waals surface area contributed by atoms with Crippen molar-refractivity contribution in [1.29, 1.82) is 0 Å². The van der Waals surface area contributed by atoms with Crippen LogP contribution in [0.4, 0.5) is 17.6 Å². The van der Waals surface area contributed by atoms with Gasteiger partial charge in [-0.15, -0.1) is 0 Å². The van der Waals surface area contributed by atoms with Gasteiger partial charge in [-0.3, -0.25) is 0 Å². The molecule has 0 saturated heterocycles. The van der Waals surface area contributed by atoms with Crippen molar-refractivity contribution < 1.29 is 63.5 Å². The van der Waals surface area contributed by atoms with Crippen LogP contribution in [-0.2, 0) is 58.7 Å². The van der Waals surface area contributed by atoms with Gasteiger partial charge < -0.3 is 43.7 Å². The molecule has 0 aliphatic carbocycles. The number of rotatable bonds is 13. The van der Waals surface area contributed by atoms with Gasteiger partial charge in [0.1, 0.15) is 36.3 Å². The molecule has 10 aromatic rings. The number of benzene rings is 8. The van der Waals surface area contributed by atoms with Gasteiger partial charge in [0.2, 0.25) is 0 Å². The maximum atomic E-state index is 16.8. The summed E-state index contributed by atoms with van der Waals surface area (Å²) in [6.45, 7) is 46.9. The molecule has 0 saturated carbocycles. The molecule has 0 fully saturated rings. The molecule has 10 rings (SSSR count). The molecular weight excluding hydrogens is 1270 g/mol. The molecule has 2 heterocycles. The topological polar surface area (TPSA) is 68.8 Å². The fourth-order valence-electron chi connectivity index (χ4n) is 14.2. The molecule has 95 heavy (non-hydrogen) atoms. The molecular formula is C84H102F4N2O4Zr. The Labute approximate surface area is 583 Å². The average Bonchev–Trinajstić information content (AvgIpc) is 1.62. The average molecular weight is 1370 g/mol. The summed E-state index contributed by atoms with van der Waals surface area (Å²) in [5.74, 6) is -5.01. The third-order valence-corrected chi connectivity index (χ3v) is 18.3. The standard InChI is InChI=1S/C82H96F4N2O4.2CH3.Zr/c1-75(2,3)45-81(19,20)51-37-59(71(89)69(39-51)87-65-27-23-47(77(7,8)9)33-55(65)56-34-48(78(10,11)12)24-28-66(56)87)61-41-53(83)43-63(85)73(61)91-31-32-92-74-62(42-54(84)44-64(74)86)60-38-52(82(21,22)46-76(4,5)6)40-70(72(60)90)88-67-29-25-49(79(13,14)15)35-57(67)58-36-50(80(16,17)18)26-30-68(58)88;;;/h23-30,33-44,89-90H,31-32,45-46H2,1-22H3;2*1H3;/q;2*-1;+2. The predicted octanol–water partition coefficient (Wildman–Crippen LogP) is 24.2. The molecule has 0 aliphatic heterocycles. The van der Waals surface area contributed by atoms with Gasteiger partial charge in [-0.25, -0.2) is 17.6 Å². The van der Waals surface area contributed by atoms with Crippen LogP contribution in [0.3, 0.4) is 0 Å². The minimum Gasteiger partial charge on any atom is -0.505 e. The molecule has 504 valence electrons. The first-order valence-electron chi connectivity index (χ1n) is 32.5. The van der Waals surface area contributed by atoms with Crippen molar-refractivity contribution in [3.05, 3.63) is 193 Å². The Morgan fingerprint density at radius 3 is 0.842 bits per heavy atom. The number of nitrogens with zero attached hydrogens (tertiary/aromatic N) is 2. The van der Waals surface area contributed by atoms with E-state index >= 15 is 17.6 Å². The molecule has 8 aromatic carbocycles. The quantitative estimate of drug-likeness (QED) is 0.0686. The zero-order chi connectivity index (χ0) is 67.7. The van der Waals surface area contributed by atoms with E-state index in [-0.39, 0.29) is 119 Å². The monoisotopic (exact) mass is 1370 g/mol. The van der Waals surface area contributed by atoms with E-state index in [2.05, 4.69) is 225 Å². The number of ether oxygens (including phenoxy) is 2. The smallest absolute Gasteiger partial charge is 0.505 e. The summed E-state index contributed by atoms with van der Waals surface area (Å²) in [4.78, 5) is 0. The Bertz CT molecular complexity index is 4110. The summed E-state index contributed by atoms with van der Waals surface area (Å²) < 4.78 is 82.5. The van der Waals surface area contributed by atoms with Crippen molar-refractivity contribution in [2.45, 2.75) is 198 Å². The Balaban J connectivity index is 0.00000425. The van der Waals surface area contributed by atoms with E-state index in [1.165, 1.54) is 0 Å². The fourth-order valence-corrected chi connectivity index (χ4v) is 14.2. The number of hydrogen-bond acceptors (Lipinski definition) is 4. The first kappa shape index (κ1) is 75.5. The van der Waals surface area contributed by atoms with E-state index < -0.39 is 47.3 Å². The number of halogens is 4. The Morgan fingerprint density at radius 2 is 0.600 bits per heavy atom. The third kappa shape index (κ3) is 15.2. The normalized spacial score (nSPS) is 12.9. The first-order valence-corrected chi connectivity index (χ1v) is 32.5. The van der Waals surface area contributed by atoms with E-state index in [1.54, 1.807) is 12.1 Å². The molecule has 0 amide bonds. The summed E-state index contributed by atoms with van der Waals surface area (Å²) in [7, 11) is 0. The number of aromatic hydroxyl groups is 2. The van der Waals surface area contributed by atoms with Gasteiger partial charge in [0.25, 0.3) is 0 Å². The summed E-state index contributed by atoms with van der Waals surface area (Å²) >= 11 is 0. The van der Waals surface area contributed by atoms with Crippen LogP contribution in [0, 0.1) is 49.0 Å². The van der Waals surface area contributed by atoms with Crippen molar-refractivity contribution in [1.82, 2.24) is 9.13 Å². The summed E-state index contributed by atoms with van der Waals surface area (Å²) in [5, 5.41) is 30.0. The number of aromatic nitrogens is 2. The van der Waals surface area contributed by atoms with Crippen LogP contribution in [0.15, 0.2) is 121 Å². The van der Waals surface area contributed by atoms with Gasteiger partial charge in [0.15, 0.2) is 23.1 Å². The zero-order valence-electron chi connectivity index (χ0n) is 61.0. The van der Waals surface area contributed by atoms with E-state index in [0.29, 0.717) is 11.4 Å². The number of phenols is 2. The van der Waals surface area contributed by atoms with Gasteiger partial charge >= 0.3 is 26.2 Å². The molecule has 0 unspecified atom stereocenters. The molecule has 0 bridgehead atoms. The molecule has 6 nitrogen and oxygen atoms in total. The second-order valence-electron chi connectivity index (χ2n) is 33.8. The molecule has 0 spiro atoms. The van der Waals surface area contributed by atoms with Gasteiger partial charge in [-0.05, 0) is 174 Å². The van der Waals surface area contributed by atoms with Crippen LogP contribution in [0.1, 0.15) is 199 Å². The second kappa shape index (κ2) is 26.2. The van der Waals surface area contributed by atoms with Crippen molar-refractivity contribution in [2.75, 3.05) is 13.2 Å². The summed E-state index contributed by atoms with van der Waals surface area (Å²) in [6, 6.07) is 37.1. The van der Waals surface area contributed by atoms with Crippen LogP contribution in [0.2, 0.25) is 0 Å². The van der Waals surface area contributed by atoms with Gasteiger partial charge in [0.05, 0.1) is 33.4 Å². The molecule has 2 aromatic heterocycles. The minimum atomic E-state index is -1.03. The zero-order valence-corrected chi connectivity index (χ0v) is 63.5. The van der Waals surface area contributed by atoms with Gasteiger partial charge in [-0.2, -0.15) is 0 Å². The van der Waals surface area contributed by atoms with Crippen molar-refractivity contribution >= 4 is 43.6 Å². The van der Waals surface area contributed by atoms with Gasteiger partial charge in [-0.1, -0.05) is 177 Å². The minimum absolute atomic E-state index is 0. The molecule has 0 radical (unpaired) electrons. The number of phenolic OH excluding ortho intramolecular Hbond substituents is 2. The number of fused-ring (bicyclic) bond motifs is 6. The molecule has 0 aliphatic rings. The van der Waals surface area contributed by atoms with Crippen molar-refractivity contribution in [3.63, 3.8) is 0 Å². The Morgan fingerprint density at radius 1 is 0.337 bits per heavy atom. The van der Waals surface area contributed by atoms with Crippen molar-refractivity contribution in [3.8, 4) is 56.6 Å². The Hall–Kier alpha value is -6.84. The molecule has 2 N–H and O–H groups in total. The third-order valence-electron chi connectivity index (χ3n) is 18.3. The van der Waals surface area contributed by atoms with E-state index in [4.69, 9.17) is 9.47 Å². The maximum Gasteiger partial charge on any atom is 2.00 e. The maximum absolute atomic E-state index is 16.8. The molecule has 11 heteroatoms.